The van der Waals surface area contributed by atoms with Gasteiger partial charge in [-0.15, -0.1) is 11.3 Å². The van der Waals surface area contributed by atoms with Gasteiger partial charge in [0.15, 0.2) is 5.92 Å². The zero-order valence-corrected chi connectivity index (χ0v) is 30.7. The zero-order valence-electron chi connectivity index (χ0n) is 29.9. The van der Waals surface area contributed by atoms with E-state index in [0.717, 1.165) is 79.1 Å². The molecule has 0 aliphatic carbocycles. The summed E-state index contributed by atoms with van der Waals surface area (Å²) < 4.78 is 6.67. The van der Waals surface area contributed by atoms with E-state index in [-0.39, 0.29) is 11.5 Å². The Morgan fingerprint density at radius 1 is 0.896 bits per heavy atom. The fourth-order valence-corrected chi connectivity index (χ4v) is 7.36. The molecule has 48 heavy (non-hydrogen) atoms. The number of unbranched alkanes of at least 4 members (excludes halogenated alkanes) is 4. The van der Waals surface area contributed by atoms with Crippen LogP contribution in [0.1, 0.15) is 110 Å². The number of amides is 1. The standard InChI is InChI=1S/C40H55N5O2S/c1-6-11-15-30(10-5)29-47-37-25-32(44(22-12-7-2)23-13-8-3)16-19-35(37)38-21-18-33(48-38)17-20-34-36(28-43)39(31(26-41)27-42)45(40(34)46)24-14-9-4/h16,18-19,21,25,30-31,39H,6-15,17,20,22-24,29H2,1-5H3. The van der Waals surface area contributed by atoms with Gasteiger partial charge in [-0.05, 0) is 68.7 Å². The van der Waals surface area contributed by atoms with Gasteiger partial charge < -0.3 is 14.5 Å². The molecule has 0 saturated heterocycles. The van der Waals surface area contributed by atoms with Crippen LogP contribution in [0.25, 0.3) is 10.4 Å². The molecule has 1 aromatic heterocycles. The second kappa shape index (κ2) is 20.5. The summed E-state index contributed by atoms with van der Waals surface area (Å²) in [4.78, 5) is 19.8. The summed E-state index contributed by atoms with van der Waals surface area (Å²) in [5, 5.41) is 29.4. The molecule has 1 aliphatic rings. The highest BCUT2D eigenvalue weighted by Crippen LogP contribution is 2.40. The third-order valence-electron chi connectivity index (χ3n) is 9.40. The molecular weight excluding hydrogens is 615 g/mol. The molecule has 3 rings (SSSR count). The van der Waals surface area contributed by atoms with Gasteiger partial charge in [0, 0.05) is 52.3 Å². The molecule has 2 unspecified atom stereocenters. The lowest BCUT2D eigenvalue weighted by Crippen LogP contribution is -2.40. The number of anilines is 1. The minimum absolute atomic E-state index is 0.215. The molecule has 0 N–H and O–H groups in total. The summed E-state index contributed by atoms with van der Waals surface area (Å²) >= 11 is 1.69. The highest BCUT2D eigenvalue weighted by Gasteiger charge is 2.43. The van der Waals surface area contributed by atoms with Gasteiger partial charge in [-0.2, -0.15) is 15.8 Å². The van der Waals surface area contributed by atoms with Crippen LogP contribution >= 0.6 is 11.3 Å². The van der Waals surface area contributed by atoms with Gasteiger partial charge in [-0.3, -0.25) is 4.79 Å². The summed E-state index contributed by atoms with van der Waals surface area (Å²) in [6.45, 7) is 14.2. The third-order valence-corrected chi connectivity index (χ3v) is 10.6. The Morgan fingerprint density at radius 2 is 1.58 bits per heavy atom. The molecule has 0 spiro atoms. The maximum Gasteiger partial charge on any atom is 0.251 e. The van der Waals surface area contributed by atoms with Crippen LogP contribution in [-0.4, -0.2) is 43.1 Å². The van der Waals surface area contributed by atoms with Crippen LogP contribution in [0.15, 0.2) is 41.5 Å². The van der Waals surface area contributed by atoms with Crippen molar-refractivity contribution in [2.45, 2.75) is 118 Å². The van der Waals surface area contributed by atoms with Gasteiger partial charge in [0.2, 0.25) is 0 Å². The van der Waals surface area contributed by atoms with Crippen LogP contribution in [-0.2, 0) is 11.2 Å². The number of carbonyl (C=O) groups excluding carboxylic acids is 1. The first-order chi connectivity index (χ1) is 23.4. The van der Waals surface area contributed by atoms with E-state index >= 15 is 0 Å². The average Bonchev–Trinajstić information content (AvgIpc) is 3.68. The summed E-state index contributed by atoms with van der Waals surface area (Å²) in [5.41, 5.74) is 3.00. The van der Waals surface area contributed by atoms with E-state index in [4.69, 9.17) is 4.74 Å². The first kappa shape index (κ1) is 38.6. The SMILES string of the molecule is CCCCC(CC)COc1cc(N(CCCC)CCCC)ccc1-c1ccc(CCC2=C(C#N)C(C(C#N)C#N)N(CCCC)C2=O)s1. The fraction of sp³-hybridized carbons (Fsp3) is 0.600. The number of ether oxygens (including phenoxy) is 1. The van der Waals surface area contributed by atoms with Gasteiger partial charge in [-0.1, -0.05) is 73.1 Å². The van der Waals surface area contributed by atoms with Crippen LogP contribution < -0.4 is 9.64 Å². The topological polar surface area (TPSA) is 104 Å². The van der Waals surface area contributed by atoms with E-state index in [9.17, 15) is 20.6 Å². The number of hydrogen-bond donors (Lipinski definition) is 0. The van der Waals surface area contributed by atoms with Crippen molar-refractivity contribution in [2.24, 2.45) is 11.8 Å². The lowest BCUT2D eigenvalue weighted by Gasteiger charge is -2.26. The Kier molecular flexibility index (Phi) is 16.5. The summed E-state index contributed by atoms with van der Waals surface area (Å²) in [5.74, 6) is 0.156. The first-order valence-electron chi connectivity index (χ1n) is 18.2. The van der Waals surface area contributed by atoms with Crippen LogP contribution in [0.2, 0.25) is 0 Å². The van der Waals surface area contributed by atoms with Crippen molar-refractivity contribution in [3.8, 4) is 34.4 Å². The highest BCUT2D eigenvalue weighted by atomic mass is 32.1. The lowest BCUT2D eigenvalue weighted by molar-refractivity contribution is -0.127. The number of benzene rings is 1. The van der Waals surface area contributed by atoms with E-state index < -0.39 is 12.0 Å². The number of aryl methyl sites for hydroxylation is 1. The van der Waals surface area contributed by atoms with Crippen molar-refractivity contribution >= 4 is 22.9 Å². The van der Waals surface area contributed by atoms with Crippen molar-refractivity contribution in [1.82, 2.24) is 4.90 Å². The molecule has 2 heterocycles. The third kappa shape index (κ3) is 10.1. The molecule has 1 aromatic carbocycles. The molecule has 0 bridgehead atoms. The monoisotopic (exact) mass is 669 g/mol. The van der Waals surface area contributed by atoms with Crippen LogP contribution in [0.4, 0.5) is 5.69 Å². The number of thiophene rings is 1. The van der Waals surface area contributed by atoms with Gasteiger partial charge in [-0.25, -0.2) is 0 Å². The van der Waals surface area contributed by atoms with Crippen LogP contribution in [0.3, 0.4) is 0 Å². The highest BCUT2D eigenvalue weighted by molar-refractivity contribution is 7.15. The van der Waals surface area contributed by atoms with E-state index in [1.54, 1.807) is 16.2 Å². The lowest BCUT2D eigenvalue weighted by atomic mass is 9.93. The van der Waals surface area contributed by atoms with Crippen LogP contribution in [0, 0.1) is 45.8 Å². The molecule has 2 aromatic rings. The fourth-order valence-electron chi connectivity index (χ4n) is 6.32. The minimum atomic E-state index is -1.07. The van der Waals surface area contributed by atoms with Crippen molar-refractivity contribution in [2.75, 3.05) is 31.1 Å². The smallest absolute Gasteiger partial charge is 0.251 e. The van der Waals surface area contributed by atoms with Gasteiger partial charge in [0.1, 0.15) is 5.75 Å². The molecule has 7 nitrogen and oxygen atoms in total. The number of carbonyl (C=O) groups is 1. The Hall–Kier alpha value is -3.80. The molecule has 1 amide bonds. The molecule has 2 atom stereocenters. The summed E-state index contributed by atoms with van der Waals surface area (Å²) in [6.07, 6.45) is 11.9. The molecule has 8 heteroatoms. The van der Waals surface area contributed by atoms with Gasteiger partial charge in [0.25, 0.3) is 5.91 Å². The van der Waals surface area contributed by atoms with E-state index in [1.165, 1.54) is 24.9 Å². The van der Waals surface area contributed by atoms with E-state index in [2.05, 4.69) is 69.0 Å². The maximum atomic E-state index is 13.5. The largest absolute Gasteiger partial charge is 0.493 e. The number of nitriles is 3. The molecule has 258 valence electrons. The van der Waals surface area contributed by atoms with Crippen molar-refractivity contribution in [3.63, 3.8) is 0 Å². The van der Waals surface area contributed by atoms with Crippen molar-refractivity contribution in [3.05, 3.63) is 46.4 Å². The Bertz CT molecular complexity index is 1450. The zero-order chi connectivity index (χ0) is 34.9. The van der Waals surface area contributed by atoms with Crippen molar-refractivity contribution < 1.29 is 9.53 Å². The number of rotatable bonds is 22. The maximum absolute atomic E-state index is 13.5. The van der Waals surface area contributed by atoms with E-state index in [1.807, 2.05) is 19.1 Å². The average molecular weight is 670 g/mol. The van der Waals surface area contributed by atoms with Crippen molar-refractivity contribution in [1.29, 1.82) is 15.8 Å². The predicted octanol–water partition coefficient (Wildman–Crippen LogP) is 9.84. The molecule has 0 saturated carbocycles. The normalized spacial score (nSPS) is 15.0. The molecule has 1 aliphatic heterocycles. The Balaban J connectivity index is 1.91. The first-order valence-corrected chi connectivity index (χ1v) is 19.1. The number of nitrogens with zero attached hydrogens (tertiary/aromatic N) is 5. The van der Waals surface area contributed by atoms with E-state index in [0.29, 0.717) is 37.5 Å². The Morgan fingerprint density at radius 3 is 2.19 bits per heavy atom. The number of hydrogen-bond acceptors (Lipinski definition) is 7. The second-order valence-corrected chi connectivity index (χ2v) is 14.1. The quantitative estimate of drug-likeness (QED) is 0.124. The minimum Gasteiger partial charge on any atom is -0.493 e. The van der Waals surface area contributed by atoms with Crippen LogP contribution in [0.5, 0.6) is 5.75 Å². The second-order valence-electron chi connectivity index (χ2n) is 12.9. The summed E-state index contributed by atoms with van der Waals surface area (Å²) in [6, 6.07) is 16.3. The summed E-state index contributed by atoms with van der Waals surface area (Å²) in [7, 11) is 0. The molecule has 0 radical (unpaired) electrons. The van der Waals surface area contributed by atoms with Gasteiger partial charge >= 0.3 is 0 Å². The predicted molar refractivity (Wildman–Crippen MR) is 197 cm³/mol. The molecular formula is C40H55N5O2S. The molecule has 0 fully saturated rings. The Labute approximate surface area is 293 Å². The van der Waals surface area contributed by atoms with Gasteiger partial charge in [0.05, 0.1) is 36.4 Å².